The lowest BCUT2D eigenvalue weighted by molar-refractivity contribution is 0.102. The van der Waals surface area contributed by atoms with Crippen molar-refractivity contribution in [3.63, 3.8) is 0 Å². The molecule has 0 aliphatic heterocycles. The van der Waals surface area contributed by atoms with Gasteiger partial charge in [-0.2, -0.15) is 5.10 Å². The summed E-state index contributed by atoms with van der Waals surface area (Å²) in [6.45, 7) is 0. The molecule has 30 heavy (non-hydrogen) atoms. The molecule has 0 fully saturated rings. The molecule has 5 rings (SSSR count). The van der Waals surface area contributed by atoms with Gasteiger partial charge in [0.05, 0.1) is 34.7 Å². The van der Waals surface area contributed by atoms with E-state index in [0.29, 0.717) is 44.9 Å². The fourth-order valence-corrected chi connectivity index (χ4v) is 3.17. The van der Waals surface area contributed by atoms with Gasteiger partial charge in [-0.25, -0.2) is 9.37 Å². The fourth-order valence-electron chi connectivity index (χ4n) is 3.17. The first-order valence-corrected chi connectivity index (χ1v) is 9.04. The molecule has 0 radical (unpaired) electrons. The Morgan fingerprint density at radius 2 is 1.97 bits per heavy atom. The third kappa shape index (κ3) is 3.18. The fraction of sp³-hybridized carbons (Fsp3) is 0. The van der Waals surface area contributed by atoms with Crippen molar-refractivity contribution in [2.45, 2.75) is 0 Å². The Kier molecular flexibility index (Phi) is 4.25. The van der Waals surface area contributed by atoms with Crippen molar-refractivity contribution < 1.29 is 9.18 Å². The molecule has 0 atom stereocenters. The van der Waals surface area contributed by atoms with E-state index in [-0.39, 0.29) is 11.7 Å². The number of anilines is 1. The minimum absolute atomic E-state index is 0.316. The summed E-state index contributed by atoms with van der Waals surface area (Å²) in [6, 6.07) is 9.60. The third-order valence-corrected chi connectivity index (χ3v) is 4.58. The number of nitrogens with one attached hydrogen (secondary N) is 3. The third-order valence-electron chi connectivity index (χ3n) is 4.58. The molecular weight excluding hydrogens is 385 g/mol. The molecule has 8 nitrogen and oxygen atoms in total. The van der Waals surface area contributed by atoms with Crippen LogP contribution in [0.15, 0.2) is 67.4 Å². The van der Waals surface area contributed by atoms with Gasteiger partial charge in [-0.1, -0.05) is 12.1 Å². The largest absolute Gasteiger partial charge is 0.335 e. The van der Waals surface area contributed by atoms with Crippen LogP contribution in [0.2, 0.25) is 0 Å². The molecule has 9 heteroatoms. The van der Waals surface area contributed by atoms with Crippen LogP contribution in [0.25, 0.3) is 33.7 Å². The van der Waals surface area contributed by atoms with Crippen molar-refractivity contribution in [2.24, 2.45) is 0 Å². The van der Waals surface area contributed by atoms with E-state index in [9.17, 15) is 9.18 Å². The number of hydrogen-bond donors (Lipinski definition) is 3. The van der Waals surface area contributed by atoms with Gasteiger partial charge in [0.1, 0.15) is 11.5 Å². The number of hydrogen-bond acceptors (Lipinski definition) is 5. The molecule has 1 aromatic carbocycles. The Bertz CT molecular complexity index is 1360. The summed E-state index contributed by atoms with van der Waals surface area (Å²) >= 11 is 0. The first-order chi connectivity index (χ1) is 14.7. The zero-order valence-corrected chi connectivity index (χ0v) is 15.4. The van der Waals surface area contributed by atoms with Crippen molar-refractivity contribution >= 4 is 22.6 Å². The number of H-pyrrole nitrogens is 2. The molecule has 4 heterocycles. The van der Waals surface area contributed by atoms with Gasteiger partial charge in [0.25, 0.3) is 5.91 Å². The molecule has 146 valence electrons. The number of aromatic amines is 2. The van der Waals surface area contributed by atoms with E-state index in [2.05, 4.69) is 35.5 Å². The Balaban J connectivity index is 1.53. The molecule has 0 saturated carbocycles. The van der Waals surface area contributed by atoms with Gasteiger partial charge in [0, 0.05) is 24.2 Å². The lowest BCUT2D eigenvalue weighted by atomic mass is 10.1. The van der Waals surface area contributed by atoms with Gasteiger partial charge in [0.15, 0.2) is 5.82 Å². The molecule has 3 N–H and O–H groups in total. The molecule has 5 aromatic rings. The van der Waals surface area contributed by atoms with Crippen LogP contribution in [0.4, 0.5) is 10.1 Å². The Morgan fingerprint density at radius 3 is 2.80 bits per heavy atom. The van der Waals surface area contributed by atoms with Crippen molar-refractivity contribution in [1.29, 1.82) is 0 Å². The second kappa shape index (κ2) is 7.21. The maximum atomic E-state index is 13.7. The number of nitrogens with zero attached hydrogens (tertiary/aromatic N) is 4. The molecular formula is C21H14FN7O. The summed E-state index contributed by atoms with van der Waals surface area (Å²) in [4.78, 5) is 28.5. The van der Waals surface area contributed by atoms with Crippen LogP contribution < -0.4 is 5.32 Å². The van der Waals surface area contributed by atoms with Gasteiger partial charge in [0.2, 0.25) is 0 Å². The predicted octanol–water partition coefficient (Wildman–Crippen LogP) is 3.80. The average Bonchev–Trinajstić information content (AvgIpc) is 3.40. The highest BCUT2D eigenvalue weighted by Crippen LogP contribution is 2.30. The second-order valence-corrected chi connectivity index (χ2v) is 6.53. The standard InChI is InChI=1S/C21H14FN7O/c22-14-5-1-3-12(7-14)15-9-24-10-16-18(15)28-20(26-16)19-17(11-25-29-19)27-21(30)13-4-2-6-23-8-13/h1-11H,(H,25,29)(H,26,28)(H,27,30). The molecule has 0 bridgehead atoms. The number of fused-ring (bicyclic) bond motifs is 1. The van der Waals surface area contributed by atoms with Crippen LogP contribution in [-0.4, -0.2) is 36.0 Å². The number of carbonyl (C=O) groups excluding carboxylic acids is 1. The van der Waals surface area contributed by atoms with Gasteiger partial charge >= 0.3 is 0 Å². The number of imidazole rings is 1. The highest BCUT2D eigenvalue weighted by Gasteiger charge is 2.17. The SMILES string of the molecule is O=C(Nc1cn[nH]c1-c1nc2c(-c3cccc(F)c3)cncc2[nH]1)c1cccnc1. The minimum atomic E-state index is -0.339. The first kappa shape index (κ1) is 17.7. The molecule has 0 aliphatic rings. The molecule has 4 aromatic heterocycles. The van der Waals surface area contributed by atoms with Crippen LogP contribution in [0, 0.1) is 5.82 Å². The summed E-state index contributed by atoms with van der Waals surface area (Å²) in [5, 5.41) is 9.69. The average molecular weight is 399 g/mol. The van der Waals surface area contributed by atoms with E-state index in [1.807, 2.05) is 0 Å². The molecule has 0 spiro atoms. The maximum absolute atomic E-state index is 13.7. The molecule has 1 amide bonds. The highest BCUT2D eigenvalue weighted by atomic mass is 19.1. The van der Waals surface area contributed by atoms with Crippen LogP contribution >= 0.6 is 0 Å². The topological polar surface area (TPSA) is 112 Å². The normalized spacial score (nSPS) is 11.0. The van der Waals surface area contributed by atoms with Crippen molar-refractivity contribution in [3.05, 3.63) is 78.8 Å². The van der Waals surface area contributed by atoms with Crippen LogP contribution in [-0.2, 0) is 0 Å². The smallest absolute Gasteiger partial charge is 0.257 e. The maximum Gasteiger partial charge on any atom is 0.257 e. The number of pyridine rings is 2. The molecule has 0 aliphatic carbocycles. The van der Waals surface area contributed by atoms with Crippen molar-refractivity contribution in [3.8, 4) is 22.6 Å². The Hall–Kier alpha value is -4.40. The van der Waals surface area contributed by atoms with E-state index >= 15 is 0 Å². The van der Waals surface area contributed by atoms with Crippen molar-refractivity contribution in [2.75, 3.05) is 5.32 Å². The quantitative estimate of drug-likeness (QED) is 0.425. The summed E-state index contributed by atoms with van der Waals surface area (Å²) in [6.07, 6.45) is 7.85. The highest BCUT2D eigenvalue weighted by molar-refractivity contribution is 6.05. The molecule has 0 unspecified atom stereocenters. The number of amides is 1. The Morgan fingerprint density at radius 1 is 1.03 bits per heavy atom. The summed E-state index contributed by atoms with van der Waals surface area (Å²) in [5.74, 6) is -0.187. The van der Waals surface area contributed by atoms with Crippen LogP contribution in [0.1, 0.15) is 10.4 Å². The van der Waals surface area contributed by atoms with Gasteiger partial charge in [-0.3, -0.25) is 19.9 Å². The lowest BCUT2D eigenvalue weighted by Gasteiger charge is -2.04. The van der Waals surface area contributed by atoms with Crippen LogP contribution in [0.5, 0.6) is 0 Å². The van der Waals surface area contributed by atoms with E-state index in [1.165, 1.54) is 24.5 Å². The summed E-state index contributed by atoms with van der Waals surface area (Å²) < 4.78 is 13.7. The summed E-state index contributed by atoms with van der Waals surface area (Å²) in [5.41, 5.74) is 4.05. The van der Waals surface area contributed by atoms with E-state index in [4.69, 9.17) is 0 Å². The van der Waals surface area contributed by atoms with E-state index in [1.54, 1.807) is 42.9 Å². The lowest BCUT2D eigenvalue weighted by Crippen LogP contribution is -2.12. The number of benzene rings is 1. The van der Waals surface area contributed by atoms with E-state index in [0.717, 1.165) is 0 Å². The first-order valence-electron chi connectivity index (χ1n) is 9.04. The number of aromatic nitrogens is 6. The molecule has 0 saturated heterocycles. The number of carbonyl (C=O) groups is 1. The van der Waals surface area contributed by atoms with Gasteiger partial charge in [-0.05, 0) is 29.8 Å². The second-order valence-electron chi connectivity index (χ2n) is 6.53. The van der Waals surface area contributed by atoms with Gasteiger partial charge < -0.3 is 10.3 Å². The Labute approximate surface area is 169 Å². The van der Waals surface area contributed by atoms with Gasteiger partial charge in [-0.15, -0.1) is 0 Å². The number of rotatable bonds is 4. The number of halogens is 1. The van der Waals surface area contributed by atoms with Crippen molar-refractivity contribution in [1.82, 2.24) is 30.1 Å². The summed E-state index contributed by atoms with van der Waals surface area (Å²) in [7, 11) is 0. The van der Waals surface area contributed by atoms with E-state index < -0.39 is 0 Å². The monoisotopic (exact) mass is 399 g/mol. The zero-order valence-electron chi connectivity index (χ0n) is 15.4. The van der Waals surface area contributed by atoms with Crippen LogP contribution in [0.3, 0.4) is 0 Å². The predicted molar refractivity (Wildman–Crippen MR) is 109 cm³/mol. The minimum Gasteiger partial charge on any atom is -0.335 e. The zero-order chi connectivity index (χ0) is 20.5.